The first-order valence-corrected chi connectivity index (χ1v) is 16.7. The van der Waals surface area contributed by atoms with E-state index in [1.807, 2.05) is 0 Å². The van der Waals surface area contributed by atoms with Crippen LogP contribution in [0.4, 0.5) is 0 Å². The highest BCUT2D eigenvalue weighted by Gasteiger charge is 2.27. The minimum absolute atomic E-state index is 1.01. The van der Waals surface area contributed by atoms with Crippen molar-refractivity contribution in [1.29, 1.82) is 0 Å². The molecule has 1 aromatic heterocycles. The third-order valence-electron chi connectivity index (χ3n) is 7.27. The highest BCUT2D eigenvalue weighted by molar-refractivity contribution is 7.94. The first kappa shape index (κ1) is 24.4. The Morgan fingerprint density at radius 3 is 1.26 bits per heavy atom. The Morgan fingerprint density at radius 2 is 0.816 bits per heavy atom. The molecule has 0 atom stereocenters. The summed E-state index contributed by atoms with van der Waals surface area (Å²) in [6.45, 7) is -4.42. The zero-order chi connectivity index (χ0) is 26.0. The number of aromatic nitrogens is 1. The highest BCUT2D eigenvalue weighted by Crippen LogP contribution is 2.45. The van der Waals surface area contributed by atoms with E-state index in [1.165, 1.54) is 26.5 Å². The first-order valence-electron chi connectivity index (χ1n) is 12.7. The van der Waals surface area contributed by atoms with Gasteiger partial charge in [0.1, 0.15) is 0 Å². The molecular formula is C35H29NP2. The van der Waals surface area contributed by atoms with E-state index in [1.54, 1.807) is 0 Å². The van der Waals surface area contributed by atoms with Crippen LogP contribution in [0.25, 0.3) is 10.9 Å². The summed E-state index contributed by atoms with van der Waals surface area (Å²) in [6.07, 6.45) is 9.94. The van der Waals surface area contributed by atoms with Gasteiger partial charge >= 0.3 is 0 Å². The standard InChI is InChI=1S/C35H29NP2/c1-37(29-17-7-3-8-18-29,30-19-9-4-10-20-30)33-25-15-16-28-26-27-34(36-35(28)33)38(2,31-21-11-5-12-22-31)32-23-13-6-14-24-32/h3-27H,1-2H2. The monoisotopic (exact) mass is 525 g/mol. The summed E-state index contributed by atoms with van der Waals surface area (Å²) in [7, 11) is 0. The second-order valence-electron chi connectivity index (χ2n) is 9.48. The van der Waals surface area contributed by atoms with Crippen LogP contribution in [0.1, 0.15) is 0 Å². The van der Waals surface area contributed by atoms with Gasteiger partial charge in [0.15, 0.2) is 0 Å². The highest BCUT2D eigenvalue weighted by atomic mass is 31.2. The maximum Gasteiger partial charge on any atom is 0.0792 e. The summed E-state index contributed by atoms with van der Waals surface area (Å²) in [5.41, 5.74) is 2.04. The van der Waals surface area contributed by atoms with Crippen molar-refractivity contribution in [2.45, 2.75) is 0 Å². The van der Waals surface area contributed by atoms with E-state index < -0.39 is 13.8 Å². The van der Waals surface area contributed by atoms with Gasteiger partial charge in [-0.2, -0.15) is 0 Å². The Bertz CT molecular complexity index is 1710. The Kier molecular flexibility index (Phi) is 6.50. The molecule has 0 aliphatic heterocycles. The zero-order valence-electron chi connectivity index (χ0n) is 21.2. The molecule has 5 aromatic carbocycles. The molecule has 0 aliphatic rings. The smallest absolute Gasteiger partial charge is 0.0792 e. The van der Waals surface area contributed by atoms with Crippen molar-refractivity contribution in [3.8, 4) is 0 Å². The van der Waals surface area contributed by atoms with Crippen LogP contribution < -0.4 is 32.0 Å². The van der Waals surface area contributed by atoms with Crippen LogP contribution in [-0.2, 0) is 0 Å². The predicted molar refractivity (Wildman–Crippen MR) is 173 cm³/mol. The Hall–Kier alpha value is -3.89. The molecule has 0 saturated heterocycles. The van der Waals surface area contributed by atoms with E-state index in [-0.39, 0.29) is 0 Å². The van der Waals surface area contributed by atoms with Crippen LogP contribution >= 0.6 is 13.8 Å². The van der Waals surface area contributed by atoms with Gasteiger partial charge in [0, 0.05) is 10.7 Å². The third kappa shape index (κ3) is 4.10. The van der Waals surface area contributed by atoms with Crippen molar-refractivity contribution in [3.63, 3.8) is 0 Å². The van der Waals surface area contributed by atoms with Crippen molar-refractivity contribution in [2.24, 2.45) is 0 Å². The number of benzene rings is 5. The van der Waals surface area contributed by atoms with Gasteiger partial charge in [0.05, 0.1) is 11.0 Å². The molecule has 38 heavy (non-hydrogen) atoms. The van der Waals surface area contributed by atoms with Crippen molar-refractivity contribution in [1.82, 2.24) is 4.98 Å². The van der Waals surface area contributed by atoms with Crippen molar-refractivity contribution in [3.05, 3.63) is 152 Å². The summed E-state index contributed by atoms with van der Waals surface area (Å²) < 4.78 is 0. The van der Waals surface area contributed by atoms with Crippen molar-refractivity contribution < 1.29 is 0 Å². The minimum Gasteiger partial charge on any atom is -0.247 e. The van der Waals surface area contributed by atoms with E-state index in [0.717, 1.165) is 16.3 Å². The minimum atomic E-state index is -2.22. The molecule has 6 aromatic rings. The van der Waals surface area contributed by atoms with Crippen LogP contribution in [0.15, 0.2) is 152 Å². The normalized spacial score (nSPS) is 11.9. The Labute approximate surface area is 225 Å². The van der Waals surface area contributed by atoms with Gasteiger partial charge in [0.25, 0.3) is 0 Å². The van der Waals surface area contributed by atoms with Gasteiger partial charge in [-0.15, -0.1) is 0 Å². The average Bonchev–Trinajstić information content (AvgIpc) is 3.01. The van der Waals surface area contributed by atoms with E-state index in [2.05, 4.69) is 152 Å². The molecule has 3 heteroatoms. The number of nitrogens with zero attached hydrogens (tertiary/aromatic N) is 1. The lowest BCUT2D eigenvalue weighted by molar-refractivity contribution is 1.49. The quantitative estimate of drug-likeness (QED) is 0.255. The van der Waals surface area contributed by atoms with Gasteiger partial charge in [-0.25, -0.2) is 4.98 Å². The summed E-state index contributed by atoms with van der Waals surface area (Å²) in [4.78, 5) is 5.49. The van der Waals surface area contributed by atoms with Gasteiger partial charge in [-0.3, -0.25) is 0 Å². The molecular weight excluding hydrogens is 496 g/mol. The largest absolute Gasteiger partial charge is 0.247 e. The second-order valence-corrected chi connectivity index (χ2v) is 15.7. The molecule has 0 saturated carbocycles. The lowest BCUT2D eigenvalue weighted by Gasteiger charge is -2.29. The van der Waals surface area contributed by atoms with Gasteiger partial charge in [-0.05, 0) is 41.1 Å². The number of para-hydroxylation sites is 1. The maximum absolute atomic E-state index is 5.49. The molecule has 1 heterocycles. The number of hydrogen-bond acceptors (Lipinski definition) is 1. The van der Waals surface area contributed by atoms with E-state index in [0.29, 0.717) is 0 Å². The second kappa shape index (κ2) is 10.1. The fourth-order valence-electron chi connectivity index (χ4n) is 5.21. The predicted octanol–water partition coefficient (Wildman–Crippen LogP) is 5.69. The maximum atomic E-state index is 5.49. The zero-order valence-corrected chi connectivity index (χ0v) is 23.0. The van der Waals surface area contributed by atoms with E-state index >= 15 is 0 Å². The average molecular weight is 526 g/mol. The van der Waals surface area contributed by atoms with Gasteiger partial charge < -0.3 is 0 Å². The summed E-state index contributed by atoms with van der Waals surface area (Å²) in [6, 6.07) is 53.6. The Balaban J connectivity index is 1.66. The van der Waals surface area contributed by atoms with Crippen LogP contribution in [0.3, 0.4) is 0 Å². The molecule has 0 aliphatic carbocycles. The molecule has 0 radical (unpaired) electrons. The van der Waals surface area contributed by atoms with Crippen LogP contribution in [0.2, 0.25) is 0 Å². The molecule has 0 bridgehead atoms. The lowest BCUT2D eigenvalue weighted by Crippen LogP contribution is -2.30. The molecule has 0 unspecified atom stereocenters. The summed E-state index contributed by atoms with van der Waals surface area (Å²) in [5.74, 6) is 0. The molecule has 6 rings (SSSR count). The van der Waals surface area contributed by atoms with E-state index in [9.17, 15) is 0 Å². The van der Waals surface area contributed by atoms with Gasteiger partial charge in [0.2, 0.25) is 0 Å². The fraction of sp³-hybridized carbons (Fsp3) is 0. The van der Waals surface area contributed by atoms with Gasteiger partial charge in [-0.1, -0.05) is 158 Å². The summed E-state index contributed by atoms with van der Waals surface area (Å²) >= 11 is 0. The summed E-state index contributed by atoms with van der Waals surface area (Å²) in [5, 5.41) is 7.25. The molecule has 0 amide bonds. The van der Waals surface area contributed by atoms with E-state index in [4.69, 9.17) is 17.6 Å². The molecule has 0 spiro atoms. The van der Waals surface area contributed by atoms with Crippen molar-refractivity contribution in [2.75, 3.05) is 0 Å². The molecule has 1 nitrogen and oxygen atoms in total. The van der Waals surface area contributed by atoms with Crippen LogP contribution in [0, 0.1) is 0 Å². The Morgan fingerprint density at radius 1 is 0.395 bits per heavy atom. The van der Waals surface area contributed by atoms with Crippen LogP contribution in [0.5, 0.6) is 0 Å². The fourth-order valence-corrected chi connectivity index (χ4v) is 11.1. The lowest BCUT2D eigenvalue weighted by atomic mass is 10.2. The third-order valence-corrected chi connectivity index (χ3v) is 14.2. The number of rotatable bonds is 6. The first-order chi connectivity index (χ1) is 18.6. The number of fused-ring (bicyclic) bond motifs is 1. The van der Waals surface area contributed by atoms with Crippen molar-refractivity contribution >= 4 is 69.2 Å². The number of pyridine rings is 1. The molecule has 0 N–H and O–H groups in total. The topological polar surface area (TPSA) is 12.9 Å². The van der Waals surface area contributed by atoms with Crippen LogP contribution in [-0.4, -0.2) is 17.6 Å². The SMILES string of the molecule is C=P(c1ccccc1)(c1ccccc1)c1ccc2cccc(P(=C)(c3ccccc3)c3ccccc3)c2n1. The number of hydrogen-bond donors (Lipinski definition) is 0. The molecule has 0 fully saturated rings. The molecule has 184 valence electrons.